The smallest absolute Gasteiger partial charge is 0.432 e. The molecule has 0 aliphatic heterocycles. The highest BCUT2D eigenvalue weighted by atomic mass is 32.2. The number of nitrogens with zero attached hydrogens (tertiary/aromatic N) is 2. The topological polar surface area (TPSA) is 173 Å². The van der Waals surface area contributed by atoms with Crippen molar-refractivity contribution in [3.05, 3.63) is 89.8 Å². The molecule has 3 rings (SSSR count). The first kappa shape index (κ1) is 38.0. The summed E-state index contributed by atoms with van der Waals surface area (Å²) >= 11 is 1.34. The first-order valence-corrected chi connectivity index (χ1v) is 16.9. The highest BCUT2D eigenvalue weighted by Gasteiger charge is 2.23. The molecule has 1 aromatic heterocycles. The van der Waals surface area contributed by atoms with Gasteiger partial charge in [0.1, 0.15) is 0 Å². The van der Waals surface area contributed by atoms with Gasteiger partial charge in [-0.05, 0) is 82.3 Å². The second-order valence-corrected chi connectivity index (χ2v) is 13.0. The minimum atomic E-state index is -1.93. The van der Waals surface area contributed by atoms with Crippen molar-refractivity contribution in [3.63, 3.8) is 0 Å². The zero-order valence-corrected chi connectivity index (χ0v) is 29.0. The number of aromatic nitrogens is 1. The normalized spacial score (nSPS) is 11.2. The predicted molar refractivity (Wildman–Crippen MR) is 183 cm³/mol. The summed E-state index contributed by atoms with van der Waals surface area (Å²) in [7, 11) is -0.369. The minimum absolute atomic E-state index is 0.0614. The molecule has 0 spiro atoms. The summed E-state index contributed by atoms with van der Waals surface area (Å²) in [5, 5.41) is 8.45. The summed E-state index contributed by atoms with van der Waals surface area (Å²) < 4.78 is 30.8. The van der Waals surface area contributed by atoms with Crippen LogP contribution in [0, 0.1) is 5.41 Å². The van der Waals surface area contributed by atoms with Crippen molar-refractivity contribution in [1.29, 1.82) is 5.41 Å². The monoisotopic (exact) mass is 698 g/mol. The molecule has 0 bridgehead atoms. The average molecular weight is 699 g/mol. The van der Waals surface area contributed by atoms with Gasteiger partial charge >= 0.3 is 12.3 Å². The quantitative estimate of drug-likeness (QED) is 0.0503. The van der Waals surface area contributed by atoms with Gasteiger partial charge in [-0.1, -0.05) is 30.0 Å². The van der Waals surface area contributed by atoms with Crippen molar-refractivity contribution in [2.24, 2.45) is 0 Å². The number of ether oxygens (including phenoxy) is 4. The molecule has 0 aliphatic carbocycles. The summed E-state index contributed by atoms with van der Waals surface area (Å²) in [4.78, 5) is 44.2. The minimum Gasteiger partial charge on any atom is -0.432 e. The molecule has 0 radical (unpaired) electrons. The lowest BCUT2D eigenvalue weighted by Gasteiger charge is -2.24. The number of hydrogen-bond donors (Lipinski definition) is 2. The van der Waals surface area contributed by atoms with Gasteiger partial charge in [-0.3, -0.25) is 18.8 Å². The van der Waals surface area contributed by atoms with Crippen molar-refractivity contribution in [3.8, 4) is 0 Å². The highest BCUT2D eigenvalue weighted by molar-refractivity contribution is 7.99. The number of benzene rings is 2. The Morgan fingerprint density at radius 3 is 2.12 bits per heavy atom. The Balaban J connectivity index is 1.68. The van der Waals surface area contributed by atoms with Crippen LogP contribution < -0.4 is 5.73 Å². The van der Waals surface area contributed by atoms with Crippen LogP contribution in [0.15, 0.2) is 82.7 Å². The third-order valence-electron chi connectivity index (χ3n) is 5.85. The van der Waals surface area contributed by atoms with Gasteiger partial charge in [-0.15, -0.1) is 0 Å². The largest absolute Gasteiger partial charge is 0.510 e. The molecular weight excluding hydrogens is 659 g/mol. The van der Waals surface area contributed by atoms with Crippen molar-refractivity contribution in [2.75, 3.05) is 32.7 Å². The number of amides is 1. The van der Waals surface area contributed by atoms with Crippen LogP contribution in [0.3, 0.4) is 0 Å². The number of pyridine rings is 1. The maximum Gasteiger partial charge on any atom is 0.510 e. The molecular formula is C33H39N4O9PS. The molecule has 0 aliphatic rings. The van der Waals surface area contributed by atoms with E-state index in [-0.39, 0.29) is 30.1 Å². The van der Waals surface area contributed by atoms with E-state index in [0.717, 1.165) is 10.6 Å². The van der Waals surface area contributed by atoms with E-state index in [2.05, 4.69) is 4.98 Å². The molecule has 3 N–H and O–H groups in total. The molecule has 1 amide bonds. The summed E-state index contributed by atoms with van der Waals surface area (Å²) in [6.07, 6.45) is 2.36. The molecule has 1 heterocycles. The van der Waals surface area contributed by atoms with E-state index in [9.17, 15) is 14.4 Å². The fourth-order valence-electron chi connectivity index (χ4n) is 3.72. The SMILES string of the molecule is CC(C)OC(=O)OCOP(CN(C)C(=O)c1ccccc1Sc1ccc(C(=N)/C=C/c2ccccn2)c(N)c1)OCOC(=O)OC(C)C. The van der Waals surface area contributed by atoms with Crippen LogP contribution in [-0.2, 0) is 28.0 Å². The van der Waals surface area contributed by atoms with Gasteiger partial charge in [0.2, 0.25) is 13.6 Å². The zero-order chi connectivity index (χ0) is 35.1. The molecule has 3 aromatic rings. The number of rotatable bonds is 16. The number of allylic oxidation sites excluding steroid dienone is 1. The number of anilines is 1. The summed E-state index contributed by atoms with van der Waals surface area (Å²) in [6, 6.07) is 17.9. The van der Waals surface area contributed by atoms with Crippen LogP contribution in [-0.4, -0.2) is 72.9 Å². The Bertz CT molecular complexity index is 1550. The number of nitrogens with two attached hydrogens (primary N) is 1. The van der Waals surface area contributed by atoms with Gasteiger partial charge in [-0.2, -0.15) is 0 Å². The van der Waals surface area contributed by atoms with Crippen LogP contribution in [0.25, 0.3) is 6.08 Å². The second kappa shape index (κ2) is 19.4. The van der Waals surface area contributed by atoms with E-state index >= 15 is 0 Å². The maximum atomic E-state index is 13.6. The van der Waals surface area contributed by atoms with E-state index in [0.29, 0.717) is 21.7 Å². The van der Waals surface area contributed by atoms with E-state index in [1.165, 1.54) is 16.7 Å². The second-order valence-electron chi connectivity index (χ2n) is 10.4. The van der Waals surface area contributed by atoms with Crippen LogP contribution >= 0.6 is 20.1 Å². The lowest BCUT2D eigenvalue weighted by Crippen LogP contribution is -2.28. The standard InChI is InChI=1S/C33H39N4O9PS/c1-22(2)45-32(39)41-20-43-47(44-21-42-33(40)46-23(3)4)19-37(5)31(38)27-11-6-7-12-30(27)48-25-14-15-26(29(35)18-25)28(34)16-13-24-10-8-9-17-36-24/h6-18,22-23,34H,19-21,35H2,1-5H3/b16-13+,34-28?. The first-order valence-electron chi connectivity index (χ1n) is 14.7. The van der Waals surface area contributed by atoms with Gasteiger partial charge in [0.15, 0.2) is 8.38 Å². The number of nitrogen functional groups attached to an aromatic ring is 1. The van der Waals surface area contributed by atoms with E-state index in [1.807, 2.05) is 36.4 Å². The molecule has 0 unspecified atom stereocenters. The van der Waals surface area contributed by atoms with Gasteiger partial charge in [0.25, 0.3) is 5.91 Å². The Morgan fingerprint density at radius 1 is 0.917 bits per heavy atom. The summed E-state index contributed by atoms with van der Waals surface area (Å²) in [5.74, 6) is -0.343. The molecule has 15 heteroatoms. The van der Waals surface area contributed by atoms with Crippen LogP contribution in [0.5, 0.6) is 0 Å². The molecule has 0 atom stereocenters. The Kier molecular flexibility index (Phi) is 15.3. The molecule has 256 valence electrons. The third-order valence-corrected chi connectivity index (χ3v) is 8.36. The lowest BCUT2D eigenvalue weighted by atomic mass is 10.1. The third kappa shape index (κ3) is 13.0. The van der Waals surface area contributed by atoms with Crippen LogP contribution in [0.4, 0.5) is 15.3 Å². The van der Waals surface area contributed by atoms with Gasteiger partial charge in [-0.25, -0.2) is 9.59 Å². The van der Waals surface area contributed by atoms with Gasteiger partial charge in [0.05, 0.1) is 35.5 Å². The molecule has 2 aromatic carbocycles. The summed E-state index contributed by atoms with van der Waals surface area (Å²) in [5.41, 5.74) is 8.67. The van der Waals surface area contributed by atoms with Gasteiger partial charge in [0, 0.05) is 34.3 Å². The molecule has 48 heavy (non-hydrogen) atoms. The number of nitrogens with one attached hydrogen (secondary N) is 1. The van der Waals surface area contributed by atoms with Crippen molar-refractivity contribution >= 4 is 55.8 Å². The Morgan fingerprint density at radius 2 is 1.54 bits per heavy atom. The lowest BCUT2D eigenvalue weighted by molar-refractivity contribution is -0.0245. The van der Waals surface area contributed by atoms with Crippen molar-refractivity contribution in [2.45, 2.75) is 49.7 Å². The van der Waals surface area contributed by atoms with Crippen LogP contribution in [0.2, 0.25) is 0 Å². The van der Waals surface area contributed by atoms with E-state index in [4.69, 9.17) is 39.1 Å². The zero-order valence-electron chi connectivity index (χ0n) is 27.3. The van der Waals surface area contributed by atoms with Gasteiger partial charge < -0.3 is 35.0 Å². The fraction of sp³-hybridized carbons (Fsp3) is 0.303. The Labute approximate surface area is 285 Å². The first-order chi connectivity index (χ1) is 22.9. The number of carbonyl (C=O) groups excluding carboxylic acids is 3. The summed E-state index contributed by atoms with van der Waals surface area (Å²) in [6.45, 7) is 5.64. The predicted octanol–water partition coefficient (Wildman–Crippen LogP) is 7.31. The number of carbonyl (C=O) groups is 3. The van der Waals surface area contributed by atoms with Crippen molar-refractivity contribution < 1.29 is 42.4 Å². The molecule has 13 nitrogen and oxygen atoms in total. The molecule has 0 saturated heterocycles. The fourth-order valence-corrected chi connectivity index (χ4v) is 5.76. The maximum absolute atomic E-state index is 13.6. The van der Waals surface area contributed by atoms with Crippen molar-refractivity contribution in [1.82, 2.24) is 9.88 Å². The highest BCUT2D eigenvalue weighted by Crippen LogP contribution is 2.40. The Hall–Kier alpha value is -4.49. The molecule has 0 saturated carbocycles. The molecule has 0 fully saturated rings. The van der Waals surface area contributed by atoms with Crippen LogP contribution in [0.1, 0.15) is 49.3 Å². The number of hydrogen-bond acceptors (Lipinski definition) is 13. The van der Waals surface area contributed by atoms with E-state index in [1.54, 1.807) is 77.4 Å². The average Bonchev–Trinajstić information content (AvgIpc) is 3.03. The van der Waals surface area contributed by atoms with E-state index < -0.39 is 34.3 Å².